The molecule has 0 aliphatic rings. The highest BCUT2D eigenvalue weighted by molar-refractivity contribution is 5.67. The largest absolute Gasteiger partial charge is 0.367 e. The Kier molecular flexibility index (Phi) is 4.60. The topological polar surface area (TPSA) is 68.2 Å². The number of aromatic nitrogens is 3. The number of hydrogen-bond acceptors (Lipinski definition) is 4. The molecule has 0 saturated carbocycles. The van der Waals surface area contributed by atoms with Gasteiger partial charge in [0.15, 0.2) is 5.82 Å². The molecule has 5 heteroatoms. The lowest BCUT2D eigenvalue weighted by Crippen LogP contribution is -2.30. The van der Waals surface area contributed by atoms with Gasteiger partial charge in [-0.25, -0.2) is 9.50 Å². The molecule has 2 aromatic heterocycles. The van der Waals surface area contributed by atoms with Crippen LogP contribution in [-0.2, 0) is 0 Å². The third kappa shape index (κ3) is 3.48. The Hall–Kier alpha value is -1.62. The third-order valence-electron chi connectivity index (χ3n) is 3.31. The fourth-order valence-electron chi connectivity index (χ4n) is 2.28. The molecule has 3 N–H and O–H groups in total. The number of anilines is 1. The number of rotatable bonds is 6. The molecule has 2 aromatic rings. The van der Waals surface area contributed by atoms with Gasteiger partial charge in [-0.3, -0.25) is 0 Å². The molecule has 0 spiro atoms. The second-order valence-electron chi connectivity index (χ2n) is 6.10. The third-order valence-corrected chi connectivity index (χ3v) is 3.31. The van der Waals surface area contributed by atoms with Gasteiger partial charge in [0.2, 0.25) is 0 Å². The van der Waals surface area contributed by atoms with Crippen LogP contribution in [0.4, 0.5) is 5.82 Å². The Morgan fingerprint density at radius 3 is 2.70 bits per heavy atom. The van der Waals surface area contributed by atoms with Crippen molar-refractivity contribution in [1.82, 2.24) is 14.6 Å². The predicted molar refractivity (Wildman–Crippen MR) is 83.0 cm³/mol. The number of nitrogens with two attached hydrogens (primary N) is 1. The second kappa shape index (κ2) is 6.22. The quantitative estimate of drug-likeness (QED) is 0.850. The van der Waals surface area contributed by atoms with Gasteiger partial charge in [0, 0.05) is 25.0 Å². The summed E-state index contributed by atoms with van der Waals surface area (Å²) in [5.41, 5.74) is 8.19. The summed E-state index contributed by atoms with van der Waals surface area (Å²) >= 11 is 0. The highest BCUT2D eigenvalue weighted by Gasteiger charge is 2.11. The summed E-state index contributed by atoms with van der Waals surface area (Å²) in [6.07, 6.45) is 4.65. The van der Waals surface area contributed by atoms with E-state index in [1.807, 2.05) is 10.7 Å². The number of hydrogen-bond donors (Lipinski definition) is 2. The van der Waals surface area contributed by atoms with Gasteiger partial charge in [0.25, 0.3) is 0 Å². The zero-order chi connectivity index (χ0) is 14.7. The lowest BCUT2D eigenvalue weighted by atomic mass is 10.0. The Bertz CT molecular complexity index is 558. The van der Waals surface area contributed by atoms with E-state index in [0.29, 0.717) is 11.8 Å². The van der Waals surface area contributed by atoms with Crippen molar-refractivity contribution >= 4 is 11.3 Å². The van der Waals surface area contributed by atoms with E-state index in [9.17, 15) is 0 Å². The van der Waals surface area contributed by atoms with E-state index in [4.69, 9.17) is 5.73 Å². The molecule has 2 heterocycles. The number of nitrogens with zero attached hydrogens (tertiary/aromatic N) is 3. The van der Waals surface area contributed by atoms with E-state index in [1.54, 1.807) is 6.20 Å². The Labute approximate surface area is 120 Å². The van der Waals surface area contributed by atoms with Crippen molar-refractivity contribution in [2.45, 2.75) is 46.1 Å². The molecular weight excluding hydrogens is 250 g/mol. The molecule has 1 unspecified atom stereocenters. The van der Waals surface area contributed by atoms with E-state index in [1.165, 1.54) is 0 Å². The van der Waals surface area contributed by atoms with E-state index in [2.05, 4.69) is 49.2 Å². The Balaban J connectivity index is 2.13. The molecule has 0 bridgehead atoms. The molecule has 0 radical (unpaired) electrons. The molecule has 0 amide bonds. The van der Waals surface area contributed by atoms with Gasteiger partial charge in [-0.2, -0.15) is 5.10 Å². The van der Waals surface area contributed by atoms with Crippen molar-refractivity contribution in [1.29, 1.82) is 0 Å². The Morgan fingerprint density at radius 2 is 2.05 bits per heavy atom. The van der Waals surface area contributed by atoms with E-state index >= 15 is 0 Å². The summed E-state index contributed by atoms with van der Waals surface area (Å²) in [5, 5.41) is 7.90. The molecule has 110 valence electrons. The summed E-state index contributed by atoms with van der Waals surface area (Å²) < 4.78 is 1.87. The lowest BCUT2D eigenvalue weighted by Gasteiger charge is -2.15. The second-order valence-corrected chi connectivity index (χ2v) is 6.10. The molecular formula is C15H25N5. The first kappa shape index (κ1) is 14.8. The predicted octanol–water partition coefficient (Wildman–Crippen LogP) is 2.64. The average Bonchev–Trinajstić information content (AvgIpc) is 2.80. The van der Waals surface area contributed by atoms with E-state index in [0.717, 1.165) is 30.0 Å². The highest BCUT2D eigenvalue weighted by Crippen LogP contribution is 2.19. The minimum absolute atomic E-state index is 0.143. The molecule has 5 nitrogen and oxygen atoms in total. The van der Waals surface area contributed by atoms with Crippen LogP contribution in [0, 0.1) is 5.92 Å². The molecule has 0 aliphatic carbocycles. The number of nitrogens with one attached hydrogen (secondary N) is 1. The van der Waals surface area contributed by atoms with Crippen molar-refractivity contribution in [3.63, 3.8) is 0 Å². The van der Waals surface area contributed by atoms with Crippen molar-refractivity contribution in [3.05, 3.63) is 24.2 Å². The van der Waals surface area contributed by atoms with Gasteiger partial charge in [-0.1, -0.05) is 27.7 Å². The molecule has 0 saturated heterocycles. The first-order valence-electron chi connectivity index (χ1n) is 7.31. The van der Waals surface area contributed by atoms with Crippen LogP contribution in [0.25, 0.3) is 5.52 Å². The van der Waals surface area contributed by atoms with E-state index < -0.39 is 0 Å². The SMILES string of the molecule is CC(C)CC(N)CNc1nccn2nc(C(C)C)cc12. The summed E-state index contributed by atoms with van der Waals surface area (Å²) in [6, 6.07) is 2.23. The van der Waals surface area contributed by atoms with Gasteiger partial charge in [0.05, 0.1) is 5.69 Å². The van der Waals surface area contributed by atoms with Crippen LogP contribution >= 0.6 is 0 Å². The summed E-state index contributed by atoms with van der Waals surface area (Å²) in [5.74, 6) is 1.87. The fourth-order valence-corrected chi connectivity index (χ4v) is 2.28. The first-order valence-corrected chi connectivity index (χ1v) is 7.31. The molecule has 0 fully saturated rings. The van der Waals surface area contributed by atoms with Crippen molar-refractivity contribution in [2.75, 3.05) is 11.9 Å². The fraction of sp³-hybridized carbons (Fsp3) is 0.600. The maximum atomic E-state index is 6.11. The average molecular weight is 275 g/mol. The monoisotopic (exact) mass is 275 g/mol. The summed E-state index contributed by atoms with van der Waals surface area (Å²) in [4.78, 5) is 4.40. The van der Waals surface area contributed by atoms with Crippen molar-refractivity contribution < 1.29 is 0 Å². The maximum Gasteiger partial charge on any atom is 0.152 e. The van der Waals surface area contributed by atoms with Gasteiger partial charge < -0.3 is 11.1 Å². The highest BCUT2D eigenvalue weighted by atomic mass is 15.2. The molecule has 0 aliphatic heterocycles. The van der Waals surface area contributed by atoms with E-state index in [-0.39, 0.29) is 6.04 Å². The van der Waals surface area contributed by atoms with Crippen LogP contribution in [0.5, 0.6) is 0 Å². The van der Waals surface area contributed by atoms with Crippen LogP contribution in [0.1, 0.15) is 45.7 Å². The van der Waals surface area contributed by atoms with Crippen LogP contribution in [0.15, 0.2) is 18.5 Å². The molecule has 2 rings (SSSR count). The lowest BCUT2D eigenvalue weighted by molar-refractivity contribution is 0.508. The summed E-state index contributed by atoms with van der Waals surface area (Å²) in [7, 11) is 0. The van der Waals surface area contributed by atoms with Crippen LogP contribution < -0.4 is 11.1 Å². The normalized spacial score (nSPS) is 13.3. The minimum Gasteiger partial charge on any atom is -0.367 e. The number of fused-ring (bicyclic) bond motifs is 1. The maximum absolute atomic E-state index is 6.11. The van der Waals surface area contributed by atoms with Gasteiger partial charge in [-0.05, 0) is 24.3 Å². The zero-order valence-corrected chi connectivity index (χ0v) is 12.8. The molecule has 0 aromatic carbocycles. The van der Waals surface area contributed by atoms with Gasteiger partial charge in [0.1, 0.15) is 5.52 Å². The van der Waals surface area contributed by atoms with Gasteiger partial charge >= 0.3 is 0 Å². The standard InChI is InChI=1S/C15H25N5/c1-10(2)7-12(16)9-18-15-14-8-13(11(3)4)19-20(14)6-5-17-15/h5-6,8,10-12H,7,9,16H2,1-4H3,(H,17,18). The molecule has 1 atom stereocenters. The Morgan fingerprint density at radius 1 is 1.30 bits per heavy atom. The van der Waals surface area contributed by atoms with Crippen LogP contribution in [0.2, 0.25) is 0 Å². The first-order chi connectivity index (χ1) is 9.47. The van der Waals surface area contributed by atoms with Gasteiger partial charge in [-0.15, -0.1) is 0 Å². The van der Waals surface area contributed by atoms with Crippen molar-refractivity contribution in [3.8, 4) is 0 Å². The molecule has 20 heavy (non-hydrogen) atoms. The zero-order valence-electron chi connectivity index (χ0n) is 12.8. The van der Waals surface area contributed by atoms with Crippen molar-refractivity contribution in [2.24, 2.45) is 11.7 Å². The van der Waals surface area contributed by atoms with Crippen LogP contribution in [-0.4, -0.2) is 27.2 Å². The smallest absolute Gasteiger partial charge is 0.152 e. The summed E-state index contributed by atoms with van der Waals surface area (Å²) in [6.45, 7) is 9.38. The minimum atomic E-state index is 0.143. The van der Waals surface area contributed by atoms with Crippen LogP contribution in [0.3, 0.4) is 0 Å².